The number of halogens is 1. The van der Waals surface area contributed by atoms with E-state index in [1.165, 1.54) is 19.4 Å². The highest BCUT2D eigenvalue weighted by Crippen LogP contribution is 2.23. The first-order valence-corrected chi connectivity index (χ1v) is 9.20. The summed E-state index contributed by atoms with van der Waals surface area (Å²) in [5, 5.41) is 3.91. The number of nitrogens with one attached hydrogen (secondary N) is 1. The quantitative estimate of drug-likeness (QED) is 0.557. The number of hydrogen-bond donors (Lipinski definition) is 2. The van der Waals surface area contributed by atoms with Crippen molar-refractivity contribution in [1.29, 1.82) is 0 Å². The van der Waals surface area contributed by atoms with Crippen LogP contribution in [0, 0.1) is 0 Å². The molecule has 1 heterocycles. The summed E-state index contributed by atoms with van der Waals surface area (Å²) in [5.74, 6) is 1.39. The molecule has 0 bridgehead atoms. The number of nitrogens with two attached hydrogens (primary N) is 1. The molecule has 0 spiro atoms. The topological polar surface area (TPSA) is 62.9 Å². The van der Waals surface area contributed by atoms with Crippen molar-refractivity contribution < 1.29 is 4.74 Å². The molecule has 1 aromatic carbocycles. The van der Waals surface area contributed by atoms with Crippen LogP contribution in [0.15, 0.2) is 23.2 Å². The zero-order valence-electron chi connectivity index (χ0n) is 14.7. The highest BCUT2D eigenvalue weighted by molar-refractivity contribution is 6.30. The second-order valence-electron chi connectivity index (χ2n) is 6.01. The second-order valence-corrected chi connectivity index (χ2v) is 6.45. The van der Waals surface area contributed by atoms with E-state index in [-0.39, 0.29) is 0 Å². The molecule has 0 radical (unpaired) electrons. The van der Waals surface area contributed by atoms with Gasteiger partial charge in [0.1, 0.15) is 5.75 Å². The summed E-state index contributed by atoms with van der Waals surface area (Å²) in [5.41, 5.74) is 7.07. The summed E-state index contributed by atoms with van der Waals surface area (Å²) in [6, 6.07) is 6.24. The summed E-state index contributed by atoms with van der Waals surface area (Å²) < 4.78 is 5.64. The van der Waals surface area contributed by atoms with Gasteiger partial charge in [-0.1, -0.05) is 18.5 Å². The number of benzene rings is 1. The van der Waals surface area contributed by atoms with Gasteiger partial charge in [-0.3, -0.25) is 9.89 Å². The van der Waals surface area contributed by atoms with Crippen molar-refractivity contribution in [2.45, 2.75) is 39.2 Å². The zero-order chi connectivity index (χ0) is 17.4. The van der Waals surface area contributed by atoms with Gasteiger partial charge in [0.2, 0.25) is 0 Å². The summed E-state index contributed by atoms with van der Waals surface area (Å²) in [4.78, 5) is 6.97. The molecule has 5 nitrogen and oxygen atoms in total. The molecule has 24 heavy (non-hydrogen) atoms. The van der Waals surface area contributed by atoms with Gasteiger partial charge in [-0.15, -0.1) is 0 Å². The van der Waals surface area contributed by atoms with Crippen molar-refractivity contribution in [2.75, 3.05) is 32.8 Å². The second kappa shape index (κ2) is 9.74. The van der Waals surface area contributed by atoms with E-state index in [1.54, 1.807) is 0 Å². The lowest BCUT2D eigenvalue weighted by Crippen LogP contribution is -2.36. The van der Waals surface area contributed by atoms with Gasteiger partial charge in [0, 0.05) is 17.6 Å². The molecule has 134 valence electrons. The molecule has 0 aliphatic carbocycles. The fourth-order valence-electron chi connectivity index (χ4n) is 3.14. The maximum absolute atomic E-state index is 6.08. The molecule has 3 N–H and O–H groups in total. The normalized spacial score (nSPS) is 18.8. The van der Waals surface area contributed by atoms with Crippen LogP contribution in [0.2, 0.25) is 5.02 Å². The summed E-state index contributed by atoms with van der Waals surface area (Å²) in [7, 11) is 0. The number of guanidine groups is 1. The monoisotopic (exact) mass is 352 g/mol. The minimum Gasteiger partial charge on any atom is -0.494 e. The molecule has 0 saturated carbocycles. The first-order valence-electron chi connectivity index (χ1n) is 8.83. The molecule has 1 aliphatic heterocycles. The highest BCUT2D eigenvalue weighted by Gasteiger charge is 2.22. The predicted molar refractivity (Wildman–Crippen MR) is 101 cm³/mol. The van der Waals surface area contributed by atoms with Crippen molar-refractivity contribution in [3.05, 3.63) is 28.8 Å². The number of likely N-dealkylation sites (tertiary alicyclic amines) is 1. The van der Waals surface area contributed by atoms with Crippen molar-refractivity contribution >= 4 is 17.6 Å². The van der Waals surface area contributed by atoms with Crippen LogP contribution in [-0.2, 0) is 6.42 Å². The lowest BCUT2D eigenvalue weighted by atomic mass is 10.1. The number of hydrogen-bond acceptors (Lipinski definition) is 3. The zero-order valence-corrected chi connectivity index (χ0v) is 15.5. The smallest absolute Gasteiger partial charge is 0.188 e. The fraction of sp³-hybridized carbons (Fsp3) is 0.611. The summed E-state index contributed by atoms with van der Waals surface area (Å²) >= 11 is 6.08. The molecule has 6 heteroatoms. The van der Waals surface area contributed by atoms with Crippen molar-refractivity contribution in [1.82, 2.24) is 10.2 Å². The van der Waals surface area contributed by atoms with Gasteiger partial charge < -0.3 is 15.8 Å². The average molecular weight is 353 g/mol. The predicted octanol–water partition coefficient (Wildman–Crippen LogP) is 2.67. The van der Waals surface area contributed by atoms with Crippen LogP contribution in [0.1, 0.15) is 32.3 Å². The molecule has 1 aliphatic rings. The van der Waals surface area contributed by atoms with Crippen LogP contribution in [0.25, 0.3) is 0 Å². The molecule has 1 unspecified atom stereocenters. The molecule has 1 atom stereocenters. The van der Waals surface area contributed by atoms with E-state index in [4.69, 9.17) is 22.1 Å². The third kappa shape index (κ3) is 5.56. The molecule has 1 fully saturated rings. The minimum atomic E-state index is 0.512. The largest absolute Gasteiger partial charge is 0.494 e. The van der Waals surface area contributed by atoms with E-state index in [2.05, 4.69) is 22.1 Å². The molecular formula is C18H29ClN4O. The van der Waals surface area contributed by atoms with Gasteiger partial charge in [0.25, 0.3) is 0 Å². The molecule has 1 saturated heterocycles. The molecule has 0 amide bonds. The maximum atomic E-state index is 6.08. The maximum Gasteiger partial charge on any atom is 0.188 e. The SMILES string of the molecule is CCOc1ccc(Cl)cc1CCNC(N)=NCC1CCCN1CC. The van der Waals surface area contributed by atoms with E-state index >= 15 is 0 Å². The Bertz CT molecular complexity index is 550. The van der Waals surface area contributed by atoms with Gasteiger partial charge in [-0.05, 0) is 63.0 Å². The average Bonchev–Trinajstić information content (AvgIpc) is 3.03. The third-order valence-corrected chi connectivity index (χ3v) is 4.64. The van der Waals surface area contributed by atoms with E-state index in [0.29, 0.717) is 25.2 Å². The molecule has 2 rings (SSSR count). The number of rotatable bonds is 8. The Morgan fingerprint density at radius 3 is 3.04 bits per heavy atom. The number of likely N-dealkylation sites (N-methyl/N-ethyl adjacent to an activating group) is 1. The molecule has 1 aromatic rings. The van der Waals surface area contributed by atoms with Crippen LogP contribution in [-0.4, -0.2) is 49.7 Å². The van der Waals surface area contributed by atoms with Gasteiger partial charge in [-0.2, -0.15) is 0 Å². The van der Waals surface area contributed by atoms with Crippen molar-refractivity contribution in [3.8, 4) is 5.75 Å². The number of aliphatic imine (C=N–C) groups is 1. The van der Waals surface area contributed by atoms with Gasteiger partial charge >= 0.3 is 0 Å². The van der Waals surface area contributed by atoms with Crippen LogP contribution < -0.4 is 15.8 Å². The van der Waals surface area contributed by atoms with Gasteiger partial charge in [-0.25, -0.2) is 0 Å². The lowest BCUT2D eigenvalue weighted by Gasteiger charge is -2.21. The van der Waals surface area contributed by atoms with E-state index < -0.39 is 0 Å². The fourth-order valence-corrected chi connectivity index (χ4v) is 3.34. The van der Waals surface area contributed by atoms with E-state index in [0.717, 1.165) is 35.8 Å². The Hall–Kier alpha value is -1.46. The number of nitrogens with zero attached hydrogens (tertiary/aromatic N) is 2. The van der Waals surface area contributed by atoms with Gasteiger partial charge in [0.05, 0.1) is 13.2 Å². The molecule has 0 aromatic heterocycles. The van der Waals surface area contributed by atoms with E-state index in [1.807, 2.05) is 25.1 Å². The number of ether oxygens (including phenoxy) is 1. The Kier molecular flexibility index (Phi) is 7.66. The minimum absolute atomic E-state index is 0.512. The first-order chi connectivity index (χ1) is 11.6. The van der Waals surface area contributed by atoms with Crippen LogP contribution in [0.5, 0.6) is 5.75 Å². The van der Waals surface area contributed by atoms with Crippen LogP contribution in [0.3, 0.4) is 0 Å². The Balaban J connectivity index is 1.81. The Labute approximate surface area is 150 Å². The van der Waals surface area contributed by atoms with Gasteiger partial charge in [0.15, 0.2) is 5.96 Å². The highest BCUT2D eigenvalue weighted by atomic mass is 35.5. The summed E-state index contributed by atoms with van der Waals surface area (Å²) in [6.45, 7) is 8.56. The first kappa shape index (κ1) is 18.9. The third-order valence-electron chi connectivity index (χ3n) is 4.40. The van der Waals surface area contributed by atoms with Crippen LogP contribution in [0.4, 0.5) is 0 Å². The van der Waals surface area contributed by atoms with E-state index in [9.17, 15) is 0 Å². The van der Waals surface area contributed by atoms with Crippen LogP contribution >= 0.6 is 11.6 Å². The molecular weight excluding hydrogens is 324 g/mol. The summed E-state index contributed by atoms with van der Waals surface area (Å²) in [6.07, 6.45) is 3.26. The standard InChI is InChI=1S/C18H29ClN4O/c1-3-23-11-5-6-16(23)13-22-18(20)21-10-9-14-12-15(19)7-8-17(14)24-4-2/h7-8,12,16H,3-6,9-11,13H2,1-2H3,(H3,20,21,22). The lowest BCUT2D eigenvalue weighted by molar-refractivity contribution is 0.273. The van der Waals surface area contributed by atoms with Crippen molar-refractivity contribution in [3.63, 3.8) is 0 Å². The Morgan fingerprint density at radius 2 is 2.29 bits per heavy atom. The van der Waals surface area contributed by atoms with Crippen molar-refractivity contribution in [2.24, 2.45) is 10.7 Å². The Morgan fingerprint density at radius 1 is 1.46 bits per heavy atom.